The van der Waals surface area contributed by atoms with Crippen LogP contribution in [-0.2, 0) is 0 Å². The molecule has 0 aliphatic carbocycles. The SMILES string of the molecule is CC[CH2][AlH2].C[CH2][AlH2]. The minimum atomic E-state index is 1.37. The van der Waals surface area contributed by atoms with Crippen molar-refractivity contribution < 1.29 is 0 Å². The molecule has 0 unspecified atom stereocenters. The van der Waals surface area contributed by atoms with Crippen molar-refractivity contribution in [3.05, 3.63) is 0 Å². The second-order valence-corrected chi connectivity index (χ2v) is 4.12. The summed E-state index contributed by atoms with van der Waals surface area (Å²) < 4.78 is 0. The van der Waals surface area contributed by atoms with Gasteiger partial charge in [0, 0.05) is 0 Å². The van der Waals surface area contributed by atoms with Crippen LogP contribution in [0.1, 0.15) is 20.3 Å². The highest BCUT2D eigenvalue weighted by Crippen LogP contribution is 1.73. The fraction of sp³-hybridized carbons (Fsp3) is 1.00. The molecule has 2 heteroatoms. The van der Waals surface area contributed by atoms with Gasteiger partial charge in [-0.05, 0) is 0 Å². The highest BCUT2D eigenvalue weighted by atomic mass is 27.0. The summed E-state index contributed by atoms with van der Waals surface area (Å²) >= 11 is 2.76. The van der Waals surface area contributed by atoms with Crippen LogP contribution >= 0.6 is 0 Å². The Morgan fingerprint density at radius 3 is 1.29 bits per heavy atom. The molecule has 0 aromatic rings. The Morgan fingerprint density at radius 1 is 1.14 bits per heavy atom. The van der Waals surface area contributed by atoms with Crippen LogP contribution in [0.25, 0.3) is 0 Å². The predicted octanol–water partition coefficient (Wildman–Crippen LogP) is 0.505. The Balaban J connectivity index is 0. The van der Waals surface area contributed by atoms with Crippen LogP contribution in [-0.4, -0.2) is 32.6 Å². The quantitative estimate of drug-likeness (QED) is 0.453. The second kappa shape index (κ2) is 15.7. The number of hydrogen-bond acceptors (Lipinski definition) is 0. The smallest absolute Gasteiger partial charge is 0.104 e. The van der Waals surface area contributed by atoms with E-state index in [-0.39, 0.29) is 0 Å². The van der Waals surface area contributed by atoms with E-state index < -0.39 is 0 Å². The molecule has 7 heavy (non-hydrogen) atoms. The minimum Gasteiger partial charge on any atom is -0.104 e. The molecule has 42 valence electrons. The van der Waals surface area contributed by atoms with Crippen LogP contribution < -0.4 is 0 Å². The third kappa shape index (κ3) is 42.5. The minimum absolute atomic E-state index is 1.37. The molecule has 0 nitrogen and oxygen atoms in total. The molecule has 0 saturated heterocycles. The molecule has 0 radical (unpaired) electrons. The van der Waals surface area contributed by atoms with Crippen molar-refractivity contribution in [1.29, 1.82) is 0 Å². The van der Waals surface area contributed by atoms with E-state index in [4.69, 9.17) is 0 Å². The molecule has 0 aliphatic rings. The summed E-state index contributed by atoms with van der Waals surface area (Å²) in [6.07, 6.45) is 1.38. The molecule has 0 heterocycles. The molecule has 0 rings (SSSR count). The largest absolute Gasteiger partial charge is 0.211 e. The average Bonchev–Trinajstić information content (AvgIpc) is 1.69. The van der Waals surface area contributed by atoms with E-state index in [9.17, 15) is 0 Å². The van der Waals surface area contributed by atoms with Gasteiger partial charge in [0.15, 0.2) is 0 Å². The summed E-state index contributed by atoms with van der Waals surface area (Å²) in [7, 11) is 0. The van der Waals surface area contributed by atoms with E-state index in [2.05, 4.69) is 13.8 Å². The van der Waals surface area contributed by atoms with E-state index >= 15 is 0 Å². The molecule has 0 bridgehead atoms. The van der Waals surface area contributed by atoms with Gasteiger partial charge in [-0.3, -0.25) is 0 Å². The van der Waals surface area contributed by atoms with Crippen LogP contribution in [0.5, 0.6) is 0 Å². The first-order chi connectivity index (χ1) is 3.33. The number of rotatable bonds is 1. The monoisotopic (exact) mass is 130 g/mol. The molecule has 0 amide bonds. The maximum absolute atomic E-state index is 2.22. The van der Waals surface area contributed by atoms with Crippen LogP contribution in [0.2, 0.25) is 10.6 Å². The summed E-state index contributed by atoms with van der Waals surface area (Å²) in [5.74, 6) is 0. The Hall–Kier alpha value is 1.06. The molecule has 0 fully saturated rings. The van der Waals surface area contributed by atoms with Crippen molar-refractivity contribution in [2.75, 3.05) is 0 Å². The molecule has 0 aromatic heterocycles. The maximum atomic E-state index is 2.22. The van der Waals surface area contributed by atoms with Gasteiger partial charge in [0.2, 0.25) is 32.6 Å². The van der Waals surface area contributed by atoms with Crippen LogP contribution in [0.4, 0.5) is 0 Å². The molecule has 0 spiro atoms. The zero-order valence-corrected chi connectivity index (χ0v) is 10.1. The summed E-state index contributed by atoms with van der Waals surface area (Å²) in [6.45, 7) is 4.40. The Kier molecular flexibility index (Phi) is 24.6. The third-order valence-corrected chi connectivity index (χ3v) is 1.50. The van der Waals surface area contributed by atoms with Crippen LogP contribution in [0.15, 0.2) is 0 Å². The van der Waals surface area contributed by atoms with Crippen LogP contribution in [0, 0.1) is 0 Å². The van der Waals surface area contributed by atoms with Gasteiger partial charge in [0.05, 0.1) is 0 Å². The van der Waals surface area contributed by atoms with Crippen LogP contribution in [0.3, 0.4) is 0 Å². The highest BCUT2D eigenvalue weighted by molar-refractivity contribution is 6.08. The average molecular weight is 130 g/mol. The van der Waals surface area contributed by atoms with Gasteiger partial charge < -0.3 is 0 Å². The third-order valence-electron chi connectivity index (χ3n) is 0.500. The van der Waals surface area contributed by atoms with E-state index in [1.54, 1.807) is 0 Å². The molecule has 0 saturated carbocycles. The van der Waals surface area contributed by atoms with Crippen molar-refractivity contribution in [1.82, 2.24) is 0 Å². The summed E-state index contributed by atoms with van der Waals surface area (Å²) in [4.78, 5) is 0. The first-order valence-corrected chi connectivity index (χ1v) is 6.16. The molecular weight excluding hydrogens is 114 g/mol. The van der Waals surface area contributed by atoms with Crippen molar-refractivity contribution in [2.45, 2.75) is 30.8 Å². The number of hydrogen-bond donors (Lipinski definition) is 0. The Morgan fingerprint density at radius 2 is 1.29 bits per heavy atom. The summed E-state index contributed by atoms with van der Waals surface area (Å²) in [5, 5.41) is 2.85. The van der Waals surface area contributed by atoms with Crippen molar-refractivity contribution in [3.63, 3.8) is 0 Å². The van der Waals surface area contributed by atoms with Gasteiger partial charge in [-0.15, -0.1) is 10.6 Å². The lowest BCUT2D eigenvalue weighted by Crippen LogP contribution is -1.55. The topological polar surface area (TPSA) is 0 Å². The fourth-order valence-corrected chi connectivity index (χ4v) is 0. The lowest BCUT2D eigenvalue weighted by atomic mass is 10.6. The lowest BCUT2D eigenvalue weighted by Gasteiger charge is -1.66. The Bertz CT molecular complexity index is 13.6. The van der Waals surface area contributed by atoms with Gasteiger partial charge in [-0.1, -0.05) is 20.3 Å². The maximum Gasteiger partial charge on any atom is 0.211 e. The molecule has 0 atom stereocenters. The van der Waals surface area contributed by atoms with Gasteiger partial charge in [-0.25, -0.2) is 0 Å². The highest BCUT2D eigenvalue weighted by Gasteiger charge is 1.58. The summed E-state index contributed by atoms with van der Waals surface area (Å²) in [6, 6.07) is 0. The van der Waals surface area contributed by atoms with Crippen molar-refractivity contribution in [2.24, 2.45) is 0 Å². The molecule has 0 N–H and O–H groups in total. The van der Waals surface area contributed by atoms with Gasteiger partial charge >= 0.3 is 0 Å². The van der Waals surface area contributed by atoms with E-state index in [0.29, 0.717) is 0 Å². The van der Waals surface area contributed by atoms with Crippen molar-refractivity contribution in [3.8, 4) is 0 Å². The second-order valence-electron chi connectivity index (χ2n) is 1.71. The lowest BCUT2D eigenvalue weighted by molar-refractivity contribution is 1.08. The zero-order chi connectivity index (χ0) is 6.12. The first-order valence-electron chi connectivity index (χ1n) is 3.33. The fourth-order valence-electron chi connectivity index (χ4n) is 0. The standard InChI is InChI=1S/C3H7.C2H5.2Al.4H/c1-3-2;1-2;;;;;;/h1,3H2,2H3;1H2,2H3;;;;;;. The first kappa shape index (κ1) is 10.9. The van der Waals surface area contributed by atoms with Gasteiger partial charge in [0.1, 0.15) is 0 Å². The van der Waals surface area contributed by atoms with E-state index in [0.717, 1.165) is 0 Å². The van der Waals surface area contributed by atoms with E-state index in [1.807, 2.05) is 0 Å². The Labute approximate surface area is 63.5 Å². The zero-order valence-electron chi connectivity index (χ0n) is 6.12. The predicted molar refractivity (Wildman–Crippen MR) is 42.7 cm³/mol. The van der Waals surface area contributed by atoms with E-state index in [1.165, 1.54) is 49.6 Å². The van der Waals surface area contributed by atoms with Gasteiger partial charge in [0.25, 0.3) is 0 Å². The van der Waals surface area contributed by atoms with Crippen molar-refractivity contribution >= 4 is 32.6 Å². The van der Waals surface area contributed by atoms with Gasteiger partial charge in [-0.2, -0.15) is 0 Å². The molecule has 0 aliphatic heterocycles. The normalized spacial score (nSPS) is 6.57. The molecular formula is C5H16Al2. The summed E-state index contributed by atoms with van der Waals surface area (Å²) in [5.41, 5.74) is 0. The molecule has 0 aromatic carbocycles.